The van der Waals surface area contributed by atoms with Gasteiger partial charge in [-0.3, -0.25) is 9.59 Å². The van der Waals surface area contributed by atoms with Crippen LogP contribution in [0.4, 0.5) is 0 Å². The molecule has 0 spiro atoms. The van der Waals surface area contributed by atoms with Crippen molar-refractivity contribution in [2.45, 2.75) is 33.0 Å². The Bertz CT molecular complexity index is 757. The molecule has 0 aromatic heterocycles. The highest BCUT2D eigenvalue weighted by Crippen LogP contribution is 2.15. The number of rotatable bonds is 8. The molecule has 0 saturated carbocycles. The molecule has 1 atom stereocenters. The molecule has 0 fully saturated rings. The fraction of sp³-hybridized carbons (Fsp3) is 0.333. The molecule has 2 aromatic rings. The van der Waals surface area contributed by atoms with Gasteiger partial charge in [-0.2, -0.15) is 0 Å². The summed E-state index contributed by atoms with van der Waals surface area (Å²) in [5.41, 5.74) is 1.89. The number of amides is 2. The van der Waals surface area contributed by atoms with E-state index < -0.39 is 6.04 Å². The zero-order valence-electron chi connectivity index (χ0n) is 16.2. The summed E-state index contributed by atoms with van der Waals surface area (Å²) in [6.45, 7) is 3.95. The van der Waals surface area contributed by atoms with Crippen LogP contribution < -0.4 is 14.8 Å². The Morgan fingerprint density at radius 3 is 1.85 bits per heavy atom. The van der Waals surface area contributed by atoms with Gasteiger partial charge in [-0.1, -0.05) is 24.3 Å². The number of methoxy groups -OCH3 is 2. The lowest BCUT2D eigenvalue weighted by Gasteiger charge is -2.27. The van der Waals surface area contributed by atoms with Crippen molar-refractivity contribution in [3.05, 3.63) is 59.7 Å². The second kappa shape index (κ2) is 9.62. The Morgan fingerprint density at radius 2 is 1.41 bits per heavy atom. The average molecular weight is 370 g/mol. The third-order valence-electron chi connectivity index (χ3n) is 4.39. The van der Waals surface area contributed by atoms with Crippen LogP contribution in [0.2, 0.25) is 0 Å². The largest absolute Gasteiger partial charge is 0.497 e. The minimum absolute atomic E-state index is 0.155. The van der Waals surface area contributed by atoms with E-state index >= 15 is 0 Å². The number of ether oxygens (including phenoxy) is 2. The molecule has 0 unspecified atom stereocenters. The number of nitrogens with zero attached hydrogens (tertiary/aromatic N) is 1. The molecule has 1 N–H and O–H groups in total. The molecule has 2 rings (SSSR count). The lowest BCUT2D eigenvalue weighted by Crippen LogP contribution is -2.46. The first-order valence-corrected chi connectivity index (χ1v) is 8.75. The molecule has 27 heavy (non-hydrogen) atoms. The molecule has 144 valence electrons. The second-order valence-electron chi connectivity index (χ2n) is 6.24. The summed E-state index contributed by atoms with van der Waals surface area (Å²) < 4.78 is 10.3. The van der Waals surface area contributed by atoms with Crippen molar-refractivity contribution >= 4 is 11.8 Å². The van der Waals surface area contributed by atoms with Gasteiger partial charge in [-0.25, -0.2) is 0 Å². The van der Waals surface area contributed by atoms with Crippen molar-refractivity contribution < 1.29 is 19.1 Å². The molecule has 0 heterocycles. The number of benzene rings is 2. The Kier molecular flexibility index (Phi) is 7.23. The van der Waals surface area contributed by atoms with E-state index in [4.69, 9.17) is 9.47 Å². The molecule has 2 aromatic carbocycles. The van der Waals surface area contributed by atoms with Gasteiger partial charge in [0.2, 0.25) is 11.8 Å². The van der Waals surface area contributed by atoms with Crippen LogP contribution >= 0.6 is 0 Å². The summed E-state index contributed by atoms with van der Waals surface area (Å²) in [4.78, 5) is 26.1. The molecule has 0 aliphatic rings. The van der Waals surface area contributed by atoms with Crippen molar-refractivity contribution in [2.24, 2.45) is 0 Å². The highest BCUT2D eigenvalue weighted by Gasteiger charge is 2.23. The van der Waals surface area contributed by atoms with Gasteiger partial charge in [0, 0.05) is 20.0 Å². The van der Waals surface area contributed by atoms with E-state index in [1.54, 1.807) is 26.0 Å². The zero-order chi connectivity index (χ0) is 19.8. The van der Waals surface area contributed by atoms with Crippen LogP contribution in [0.25, 0.3) is 0 Å². The minimum Gasteiger partial charge on any atom is -0.497 e. The summed E-state index contributed by atoms with van der Waals surface area (Å²) in [7, 11) is 3.21. The molecular weight excluding hydrogens is 344 g/mol. The lowest BCUT2D eigenvalue weighted by atomic mass is 10.1. The third-order valence-corrected chi connectivity index (χ3v) is 4.39. The highest BCUT2D eigenvalue weighted by atomic mass is 16.5. The van der Waals surface area contributed by atoms with Crippen molar-refractivity contribution in [3.8, 4) is 11.5 Å². The van der Waals surface area contributed by atoms with Crippen LogP contribution in [0.3, 0.4) is 0 Å². The maximum atomic E-state index is 12.5. The molecule has 0 bridgehead atoms. The lowest BCUT2D eigenvalue weighted by molar-refractivity contribution is -0.139. The number of carbonyl (C=O) groups is 2. The van der Waals surface area contributed by atoms with Gasteiger partial charge in [0.25, 0.3) is 0 Å². The second-order valence-corrected chi connectivity index (χ2v) is 6.24. The Balaban J connectivity index is 1.97. The van der Waals surface area contributed by atoms with Crippen LogP contribution in [-0.4, -0.2) is 37.0 Å². The molecule has 0 aliphatic carbocycles. The molecule has 2 amide bonds. The first-order valence-electron chi connectivity index (χ1n) is 8.75. The SMILES string of the molecule is COc1ccc(CNC(=O)[C@@H](C)N(Cc2ccc(OC)cc2)C(C)=O)cc1. The van der Waals surface area contributed by atoms with Crippen molar-refractivity contribution in [1.29, 1.82) is 0 Å². The first kappa shape index (κ1) is 20.3. The normalized spacial score (nSPS) is 11.4. The average Bonchev–Trinajstić information content (AvgIpc) is 2.70. The van der Waals surface area contributed by atoms with E-state index in [0.29, 0.717) is 13.1 Å². The van der Waals surface area contributed by atoms with E-state index in [-0.39, 0.29) is 11.8 Å². The van der Waals surface area contributed by atoms with E-state index in [9.17, 15) is 9.59 Å². The van der Waals surface area contributed by atoms with Gasteiger partial charge >= 0.3 is 0 Å². The predicted octanol–water partition coefficient (Wildman–Crippen LogP) is 2.76. The summed E-state index contributed by atoms with van der Waals surface area (Å²) in [5.74, 6) is 1.16. The van der Waals surface area contributed by atoms with Crippen molar-refractivity contribution in [3.63, 3.8) is 0 Å². The van der Waals surface area contributed by atoms with Gasteiger partial charge in [0.15, 0.2) is 0 Å². The van der Waals surface area contributed by atoms with Crippen LogP contribution in [-0.2, 0) is 22.7 Å². The smallest absolute Gasteiger partial charge is 0.242 e. The van der Waals surface area contributed by atoms with Gasteiger partial charge in [-0.05, 0) is 42.3 Å². The molecule has 0 aliphatic heterocycles. The van der Waals surface area contributed by atoms with E-state index in [1.807, 2.05) is 48.5 Å². The van der Waals surface area contributed by atoms with Crippen LogP contribution in [0, 0.1) is 0 Å². The van der Waals surface area contributed by atoms with Crippen LogP contribution in [0.5, 0.6) is 11.5 Å². The molecule has 6 nitrogen and oxygen atoms in total. The zero-order valence-corrected chi connectivity index (χ0v) is 16.2. The number of carbonyl (C=O) groups excluding carboxylic acids is 2. The fourth-order valence-electron chi connectivity index (χ4n) is 2.67. The molecule has 0 radical (unpaired) electrons. The number of nitrogens with one attached hydrogen (secondary N) is 1. The Hall–Kier alpha value is -3.02. The summed E-state index contributed by atoms with van der Waals surface area (Å²) in [5, 5.41) is 2.88. The maximum Gasteiger partial charge on any atom is 0.242 e. The Labute approximate surface area is 160 Å². The number of hydrogen-bond acceptors (Lipinski definition) is 4. The van der Waals surface area contributed by atoms with Gasteiger partial charge in [0.1, 0.15) is 17.5 Å². The van der Waals surface area contributed by atoms with Crippen molar-refractivity contribution in [2.75, 3.05) is 14.2 Å². The summed E-state index contributed by atoms with van der Waals surface area (Å²) in [6.07, 6.45) is 0. The minimum atomic E-state index is -0.581. The van der Waals surface area contributed by atoms with Crippen LogP contribution in [0.15, 0.2) is 48.5 Å². The first-order chi connectivity index (χ1) is 12.9. The Morgan fingerprint density at radius 1 is 0.926 bits per heavy atom. The van der Waals surface area contributed by atoms with Gasteiger partial charge < -0.3 is 19.7 Å². The summed E-state index contributed by atoms with van der Waals surface area (Å²) >= 11 is 0. The van der Waals surface area contributed by atoms with Gasteiger partial charge in [0.05, 0.1) is 14.2 Å². The fourth-order valence-corrected chi connectivity index (χ4v) is 2.67. The summed E-state index contributed by atoms with van der Waals surface area (Å²) in [6, 6.07) is 14.3. The predicted molar refractivity (Wildman–Crippen MR) is 104 cm³/mol. The standard InChI is InChI=1S/C21H26N2O4/c1-15(21(25)22-13-17-5-9-19(26-3)10-6-17)23(16(2)24)14-18-7-11-20(27-4)12-8-18/h5-12,15H,13-14H2,1-4H3,(H,22,25)/t15-/m1/s1. The van der Waals surface area contributed by atoms with E-state index in [2.05, 4.69) is 5.32 Å². The quantitative estimate of drug-likeness (QED) is 0.776. The molecule has 6 heteroatoms. The number of hydrogen-bond donors (Lipinski definition) is 1. The third kappa shape index (κ3) is 5.74. The van der Waals surface area contributed by atoms with Crippen LogP contribution in [0.1, 0.15) is 25.0 Å². The maximum absolute atomic E-state index is 12.5. The van der Waals surface area contributed by atoms with E-state index in [0.717, 1.165) is 22.6 Å². The van der Waals surface area contributed by atoms with Gasteiger partial charge in [-0.15, -0.1) is 0 Å². The monoisotopic (exact) mass is 370 g/mol. The molecular formula is C21H26N2O4. The van der Waals surface area contributed by atoms with E-state index in [1.165, 1.54) is 6.92 Å². The topological polar surface area (TPSA) is 67.9 Å². The van der Waals surface area contributed by atoms with Crippen molar-refractivity contribution in [1.82, 2.24) is 10.2 Å². The molecule has 0 saturated heterocycles. The highest BCUT2D eigenvalue weighted by molar-refractivity contribution is 5.86.